The Morgan fingerprint density at radius 2 is 1.52 bits per heavy atom. The van der Waals surface area contributed by atoms with Gasteiger partial charge in [-0.3, -0.25) is 4.79 Å². The summed E-state index contributed by atoms with van der Waals surface area (Å²) in [4.78, 5) is 16.4. The molecule has 4 nitrogen and oxygen atoms in total. The fourth-order valence-electron chi connectivity index (χ4n) is 1.80. The lowest BCUT2D eigenvalue weighted by atomic mass is 10.3. The molecule has 0 radical (unpaired) electrons. The van der Waals surface area contributed by atoms with Gasteiger partial charge >= 0.3 is 0 Å². The summed E-state index contributed by atoms with van der Waals surface area (Å²) in [5, 5.41) is 8.42. The highest BCUT2D eigenvalue weighted by Crippen LogP contribution is 2.21. The van der Waals surface area contributed by atoms with Crippen LogP contribution >= 0.6 is 11.3 Å². The first-order valence-electron chi connectivity index (χ1n) is 6.45. The standard InChI is InChI=1S/C16H13N3OS/c20-15(17-12-7-3-1-4-8-12)14-11-21-16(19-14)18-13-9-5-2-6-10-13/h1-11H,(H,17,20)(H,18,19). The summed E-state index contributed by atoms with van der Waals surface area (Å²) in [6.45, 7) is 0. The fraction of sp³-hybridized carbons (Fsp3) is 0. The van der Waals surface area contributed by atoms with E-state index in [-0.39, 0.29) is 5.91 Å². The fourth-order valence-corrected chi connectivity index (χ4v) is 2.51. The zero-order chi connectivity index (χ0) is 14.5. The van der Waals surface area contributed by atoms with Gasteiger partial charge in [-0.25, -0.2) is 4.98 Å². The normalized spacial score (nSPS) is 10.1. The van der Waals surface area contributed by atoms with Crippen molar-refractivity contribution in [2.24, 2.45) is 0 Å². The molecular formula is C16H13N3OS. The molecule has 0 saturated carbocycles. The molecule has 2 N–H and O–H groups in total. The molecule has 0 unspecified atom stereocenters. The van der Waals surface area contributed by atoms with E-state index in [4.69, 9.17) is 0 Å². The largest absolute Gasteiger partial charge is 0.332 e. The highest BCUT2D eigenvalue weighted by atomic mass is 32.1. The Bertz CT molecular complexity index is 726. The summed E-state index contributed by atoms with van der Waals surface area (Å²) < 4.78 is 0. The molecule has 0 spiro atoms. The minimum absolute atomic E-state index is 0.210. The summed E-state index contributed by atoms with van der Waals surface area (Å²) in [7, 11) is 0. The van der Waals surface area contributed by atoms with Crippen LogP contribution in [-0.2, 0) is 0 Å². The number of carbonyl (C=O) groups is 1. The van der Waals surface area contributed by atoms with Gasteiger partial charge < -0.3 is 10.6 Å². The van der Waals surface area contributed by atoms with Crippen molar-refractivity contribution in [1.82, 2.24) is 4.98 Å². The quantitative estimate of drug-likeness (QED) is 0.760. The molecule has 104 valence electrons. The van der Waals surface area contributed by atoms with Gasteiger partial charge in [-0.2, -0.15) is 0 Å². The second-order valence-corrected chi connectivity index (χ2v) is 5.21. The number of benzene rings is 2. The number of rotatable bonds is 4. The lowest BCUT2D eigenvalue weighted by Gasteiger charge is -2.02. The lowest BCUT2D eigenvalue weighted by molar-refractivity contribution is 0.102. The van der Waals surface area contributed by atoms with E-state index in [9.17, 15) is 4.79 Å². The molecule has 0 aliphatic carbocycles. The van der Waals surface area contributed by atoms with Gasteiger partial charge in [0.15, 0.2) is 5.13 Å². The molecule has 21 heavy (non-hydrogen) atoms. The predicted octanol–water partition coefficient (Wildman–Crippen LogP) is 4.14. The van der Waals surface area contributed by atoms with E-state index in [0.717, 1.165) is 11.4 Å². The van der Waals surface area contributed by atoms with Gasteiger partial charge in [0.25, 0.3) is 5.91 Å². The van der Waals surface area contributed by atoms with E-state index < -0.39 is 0 Å². The van der Waals surface area contributed by atoms with E-state index in [2.05, 4.69) is 15.6 Å². The number of anilines is 3. The summed E-state index contributed by atoms with van der Waals surface area (Å²) >= 11 is 1.40. The zero-order valence-corrected chi connectivity index (χ0v) is 11.9. The molecule has 0 atom stereocenters. The van der Waals surface area contributed by atoms with Crippen LogP contribution < -0.4 is 10.6 Å². The first-order chi connectivity index (χ1) is 10.3. The van der Waals surface area contributed by atoms with E-state index >= 15 is 0 Å². The number of para-hydroxylation sites is 2. The highest BCUT2D eigenvalue weighted by Gasteiger charge is 2.11. The van der Waals surface area contributed by atoms with Gasteiger partial charge in [-0.05, 0) is 24.3 Å². The SMILES string of the molecule is O=C(Nc1ccccc1)c1csc(Nc2ccccc2)n1. The van der Waals surface area contributed by atoms with Gasteiger partial charge in [0, 0.05) is 16.8 Å². The second kappa shape index (κ2) is 6.19. The van der Waals surface area contributed by atoms with Gasteiger partial charge in [0.05, 0.1) is 0 Å². The van der Waals surface area contributed by atoms with Crippen LogP contribution in [0.5, 0.6) is 0 Å². The van der Waals surface area contributed by atoms with Crippen LogP contribution in [0.15, 0.2) is 66.0 Å². The minimum Gasteiger partial charge on any atom is -0.332 e. The van der Waals surface area contributed by atoms with E-state index in [1.54, 1.807) is 5.38 Å². The minimum atomic E-state index is -0.210. The molecule has 0 saturated heterocycles. The Balaban J connectivity index is 1.68. The molecule has 0 bridgehead atoms. The van der Waals surface area contributed by atoms with E-state index in [0.29, 0.717) is 10.8 Å². The number of amides is 1. The van der Waals surface area contributed by atoms with Gasteiger partial charge in [-0.15, -0.1) is 11.3 Å². The number of nitrogens with one attached hydrogen (secondary N) is 2. The third kappa shape index (κ3) is 3.46. The van der Waals surface area contributed by atoms with Crippen LogP contribution in [0.4, 0.5) is 16.5 Å². The summed E-state index contributed by atoms with van der Waals surface area (Å²) in [6, 6.07) is 19.1. The average Bonchev–Trinajstić information content (AvgIpc) is 2.98. The number of aromatic nitrogens is 1. The average molecular weight is 295 g/mol. The maximum Gasteiger partial charge on any atom is 0.275 e. The number of nitrogens with zero attached hydrogens (tertiary/aromatic N) is 1. The van der Waals surface area contributed by atoms with Crippen molar-refractivity contribution in [2.75, 3.05) is 10.6 Å². The molecule has 0 aliphatic heterocycles. The molecule has 1 heterocycles. The van der Waals surface area contributed by atoms with Gasteiger partial charge in [0.1, 0.15) is 5.69 Å². The van der Waals surface area contributed by atoms with Crippen LogP contribution in [0.25, 0.3) is 0 Å². The Labute approximate surface area is 126 Å². The van der Waals surface area contributed by atoms with Crippen molar-refractivity contribution in [3.05, 3.63) is 71.7 Å². The topological polar surface area (TPSA) is 54.0 Å². The zero-order valence-electron chi connectivity index (χ0n) is 11.1. The number of thiazole rings is 1. The van der Waals surface area contributed by atoms with Crippen molar-refractivity contribution in [2.45, 2.75) is 0 Å². The van der Waals surface area contributed by atoms with E-state index in [1.165, 1.54) is 11.3 Å². The smallest absolute Gasteiger partial charge is 0.275 e. The first kappa shape index (κ1) is 13.3. The molecule has 3 aromatic rings. The summed E-state index contributed by atoms with van der Waals surface area (Å²) in [5.74, 6) is -0.210. The molecular weight excluding hydrogens is 282 g/mol. The first-order valence-corrected chi connectivity index (χ1v) is 7.33. The predicted molar refractivity (Wildman–Crippen MR) is 86.2 cm³/mol. The maximum absolute atomic E-state index is 12.1. The second-order valence-electron chi connectivity index (χ2n) is 4.35. The van der Waals surface area contributed by atoms with Crippen LogP contribution in [0, 0.1) is 0 Å². The van der Waals surface area contributed by atoms with Gasteiger partial charge in [0.2, 0.25) is 0 Å². The van der Waals surface area contributed by atoms with Crippen molar-refractivity contribution in [1.29, 1.82) is 0 Å². The maximum atomic E-state index is 12.1. The summed E-state index contributed by atoms with van der Waals surface area (Å²) in [6.07, 6.45) is 0. The number of carbonyl (C=O) groups excluding carboxylic acids is 1. The van der Waals surface area contributed by atoms with Crippen molar-refractivity contribution < 1.29 is 4.79 Å². The molecule has 1 aromatic heterocycles. The van der Waals surface area contributed by atoms with Crippen molar-refractivity contribution in [3.8, 4) is 0 Å². The number of hydrogen-bond donors (Lipinski definition) is 2. The highest BCUT2D eigenvalue weighted by molar-refractivity contribution is 7.14. The Morgan fingerprint density at radius 3 is 2.19 bits per heavy atom. The molecule has 1 amide bonds. The van der Waals surface area contributed by atoms with Crippen molar-refractivity contribution >= 4 is 33.8 Å². The molecule has 0 aliphatic rings. The Hall–Kier alpha value is -2.66. The molecule has 2 aromatic carbocycles. The lowest BCUT2D eigenvalue weighted by Crippen LogP contribution is -2.12. The Kier molecular flexibility index (Phi) is 3.93. The third-order valence-electron chi connectivity index (χ3n) is 2.79. The molecule has 0 fully saturated rings. The molecule has 5 heteroatoms. The molecule has 3 rings (SSSR count). The summed E-state index contributed by atoms with van der Waals surface area (Å²) in [5.41, 5.74) is 2.11. The van der Waals surface area contributed by atoms with Crippen LogP contribution in [0.1, 0.15) is 10.5 Å². The monoisotopic (exact) mass is 295 g/mol. The number of hydrogen-bond acceptors (Lipinski definition) is 4. The van der Waals surface area contributed by atoms with Crippen LogP contribution in [-0.4, -0.2) is 10.9 Å². The van der Waals surface area contributed by atoms with E-state index in [1.807, 2.05) is 60.7 Å². The van der Waals surface area contributed by atoms with Crippen LogP contribution in [0.3, 0.4) is 0 Å². The van der Waals surface area contributed by atoms with Gasteiger partial charge in [-0.1, -0.05) is 36.4 Å². The Morgan fingerprint density at radius 1 is 0.905 bits per heavy atom. The van der Waals surface area contributed by atoms with Crippen molar-refractivity contribution in [3.63, 3.8) is 0 Å². The third-order valence-corrected chi connectivity index (χ3v) is 3.55. The van der Waals surface area contributed by atoms with Crippen LogP contribution in [0.2, 0.25) is 0 Å².